The molecule has 1 unspecified atom stereocenters. The molecule has 3 heterocycles. The third-order valence-corrected chi connectivity index (χ3v) is 8.01. The van der Waals surface area contributed by atoms with Crippen LogP contribution >= 0.6 is 11.3 Å². The molecule has 1 atom stereocenters. The lowest BCUT2D eigenvalue weighted by Gasteiger charge is -2.07. The lowest BCUT2D eigenvalue weighted by atomic mass is 10.2. The smallest absolute Gasteiger partial charge is 0.387 e. The van der Waals surface area contributed by atoms with Crippen LogP contribution in [0.25, 0.3) is 21.7 Å². The number of thiophene rings is 1. The average molecular weight is 445 g/mol. The summed E-state index contributed by atoms with van der Waals surface area (Å²) in [6.45, 7) is 1.42. The van der Waals surface area contributed by atoms with Crippen molar-refractivity contribution in [2.75, 3.05) is 5.75 Å². The van der Waals surface area contributed by atoms with Gasteiger partial charge in [0.15, 0.2) is 21.4 Å². The second kappa shape index (κ2) is 6.34. The second-order valence-corrected chi connectivity index (χ2v) is 9.86. The minimum atomic E-state index is -4.65. The fourth-order valence-electron chi connectivity index (χ4n) is 3.34. The van der Waals surface area contributed by atoms with Gasteiger partial charge in [-0.05, 0) is 6.07 Å². The van der Waals surface area contributed by atoms with Gasteiger partial charge in [0, 0.05) is 18.3 Å². The highest BCUT2D eigenvalue weighted by Crippen LogP contribution is 2.47. The number of halogens is 3. The Labute approximate surface area is 166 Å². The normalized spacial score (nSPS) is 17.3. The zero-order valence-corrected chi connectivity index (χ0v) is 16.7. The van der Waals surface area contributed by atoms with Crippen LogP contribution in [0.1, 0.15) is 40.4 Å². The third kappa shape index (κ3) is 2.97. The number of ketones is 1. The molecule has 3 aromatic rings. The van der Waals surface area contributed by atoms with E-state index in [1.54, 1.807) is 0 Å². The molecule has 0 saturated heterocycles. The molecule has 0 aliphatic heterocycles. The number of nitrogens with zero attached hydrogens (tertiary/aromatic N) is 3. The van der Waals surface area contributed by atoms with E-state index in [4.69, 9.17) is 0 Å². The van der Waals surface area contributed by atoms with Crippen molar-refractivity contribution in [2.45, 2.75) is 30.5 Å². The summed E-state index contributed by atoms with van der Waals surface area (Å²) in [5, 5.41) is 10.1. The molecule has 154 valence electrons. The molecular weight excluding hydrogens is 431 g/mol. The number of fused-ring (bicyclic) bond motifs is 2. The van der Waals surface area contributed by atoms with Crippen LogP contribution in [0, 0.1) is 0 Å². The van der Waals surface area contributed by atoms with E-state index < -0.39 is 33.6 Å². The van der Waals surface area contributed by atoms with Gasteiger partial charge in [-0.1, -0.05) is 6.92 Å². The van der Waals surface area contributed by atoms with Crippen LogP contribution in [0.15, 0.2) is 17.2 Å². The zero-order valence-electron chi connectivity index (χ0n) is 15.1. The van der Waals surface area contributed by atoms with Gasteiger partial charge in [0.1, 0.15) is 5.69 Å². The Hall–Kier alpha value is -2.31. The number of imidazole rings is 1. The molecule has 3 aromatic heterocycles. The number of sulfone groups is 1. The number of carbonyl (C=O) groups excluding carboxylic acids is 1. The van der Waals surface area contributed by atoms with E-state index in [0.717, 1.165) is 23.6 Å². The van der Waals surface area contributed by atoms with Crippen molar-refractivity contribution in [1.82, 2.24) is 14.5 Å². The molecule has 29 heavy (non-hydrogen) atoms. The monoisotopic (exact) mass is 445 g/mol. The third-order valence-electron chi connectivity index (χ3n) is 4.80. The van der Waals surface area contributed by atoms with Crippen molar-refractivity contribution >= 4 is 38.0 Å². The Morgan fingerprint density at radius 3 is 2.69 bits per heavy atom. The molecule has 0 aromatic carbocycles. The summed E-state index contributed by atoms with van der Waals surface area (Å²) >= 11 is 0.919. The number of aryl methyl sites for hydroxylation is 1. The quantitative estimate of drug-likeness (QED) is 0.665. The second-order valence-electron chi connectivity index (χ2n) is 6.60. The lowest BCUT2D eigenvalue weighted by Crippen LogP contribution is -2.09. The largest absolute Gasteiger partial charge is 0.433 e. The maximum atomic E-state index is 13.0. The molecule has 1 aliphatic carbocycles. The average Bonchev–Trinajstić information content (AvgIpc) is 3.27. The molecule has 0 amide bonds. The molecule has 0 spiro atoms. The topological polar surface area (TPSA) is 102 Å². The van der Waals surface area contributed by atoms with E-state index in [-0.39, 0.29) is 49.2 Å². The van der Waals surface area contributed by atoms with Gasteiger partial charge in [-0.25, -0.2) is 18.4 Å². The van der Waals surface area contributed by atoms with E-state index >= 15 is 0 Å². The van der Waals surface area contributed by atoms with E-state index in [9.17, 15) is 31.5 Å². The van der Waals surface area contributed by atoms with Crippen LogP contribution < -0.4 is 0 Å². The summed E-state index contributed by atoms with van der Waals surface area (Å²) in [6, 6.07) is 0.786. The van der Waals surface area contributed by atoms with Gasteiger partial charge in [-0.3, -0.25) is 4.79 Å². The first-order valence-electron chi connectivity index (χ1n) is 8.46. The van der Waals surface area contributed by atoms with Crippen molar-refractivity contribution in [3.8, 4) is 10.7 Å². The first kappa shape index (κ1) is 20.0. The Morgan fingerprint density at radius 1 is 1.38 bits per heavy atom. The highest BCUT2D eigenvalue weighted by molar-refractivity contribution is 7.91. The standard InChI is InChI=1S/C17H14F3N3O4S2/c1-3-29(26,27)15-12-9(24)5-10(25)13(12)28-14(15)16-22-7-4-11(17(18,19)20)21-6-8(7)23(16)2/h4,6,10,25H,3,5H2,1-2H3. The molecule has 12 heteroatoms. The number of aromatic nitrogens is 3. The molecule has 0 saturated carbocycles. The number of alkyl halides is 3. The number of Topliss-reactive ketones (excluding diaryl/α,β-unsaturated/α-hetero) is 1. The summed E-state index contributed by atoms with van der Waals surface area (Å²) in [5.41, 5.74) is -0.894. The Kier molecular flexibility index (Phi) is 4.37. The minimum Gasteiger partial charge on any atom is -0.387 e. The Morgan fingerprint density at radius 2 is 2.07 bits per heavy atom. The van der Waals surface area contributed by atoms with Gasteiger partial charge in [-0.15, -0.1) is 11.3 Å². The summed E-state index contributed by atoms with van der Waals surface area (Å²) in [6.07, 6.45) is -4.95. The predicted octanol–water partition coefficient (Wildman–Crippen LogP) is 3.13. The van der Waals surface area contributed by atoms with E-state index in [1.165, 1.54) is 18.5 Å². The van der Waals surface area contributed by atoms with Gasteiger partial charge in [0.2, 0.25) is 0 Å². The molecule has 1 N–H and O–H groups in total. The van der Waals surface area contributed by atoms with Crippen LogP contribution in [0.2, 0.25) is 0 Å². The first-order valence-corrected chi connectivity index (χ1v) is 10.9. The number of carbonyl (C=O) groups is 1. The minimum absolute atomic E-state index is 0.00916. The first-order chi connectivity index (χ1) is 13.5. The summed E-state index contributed by atoms with van der Waals surface area (Å²) in [4.78, 5) is 20.1. The molecular formula is C17H14F3N3O4S2. The van der Waals surface area contributed by atoms with E-state index in [1.807, 2.05) is 0 Å². The number of pyridine rings is 1. The van der Waals surface area contributed by atoms with E-state index in [2.05, 4.69) is 9.97 Å². The van der Waals surface area contributed by atoms with Gasteiger partial charge in [-0.2, -0.15) is 13.2 Å². The predicted molar refractivity (Wildman–Crippen MR) is 98.5 cm³/mol. The number of aliphatic hydroxyl groups excluding tert-OH is 1. The molecule has 0 bridgehead atoms. The van der Waals surface area contributed by atoms with Gasteiger partial charge in [0.25, 0.3) is 0 Å². The van der Waals surface area contributed by atoms with E-state index in [0.29, 0.717) is 0 Å². The molecule has 0 fully saturated rings. The van der Waals surface area contributed by atoms with Gasteiger partial charge in [0.05, 0.1) is 44.4 Å². The number of hydrogen-bond acceptors (Lipinski definition) is 7. The molecule has 0 radical (unpaired) electrons. The number of hydrogen-bond donors (Lipinski definition) is 1. The van der Waals surface area contributed by atoms with Crippen molar-refractivity contribution < 1.29 is 31.5 Å². The van der Waals surface area contributed by atoms with Crippen molar-refractivity contribution in [3.63, 3.8) is 0 Å². The summed E-state index contributed by atoms with van der Waals surface area (Å²) < 4.78 is 65.8. The highest BCUT2D eigenvalue weighted by Gasteiger charge is 2.40. The van der Waals surface area contributed by atoms with Crippen molar-refractivity contribution in [3.05, 3.63) is 28.4 Å². The molecule has 1 aliphatic rings. The Balaban J connectivity index is 2.02. The van der Waals surface area contributed by atoms with Crippen LogP contribution in [-0.2, 0) is 23.1 Å². The number of rotatable bonds is 3. The lowest BCUT2D eigenvalue weighted by molar-refractivity contribution is -0.141. The van der Waals surface area contributed by atoms with Crippen molar-refractivity contribution in [1.29, 1.82) is 0 Å². The maximum Gasteiger partial charge on any atom is 0.433 e. The summed E-state index contributed by atoms with van der Waals surface area (Å²) in [5.74, 6) is -0.676. The highest BCUT2D eigenvalue weighted by atomic mass is 32.2. The zero-order chi connectivity index (χ0) is 21.3. The summed E-state index contributed by atoms with van der Waals surface area (Å²) in [7, 11) is -2.35. The maximum absolute atomic E-state index is 13.0. The van der Waals surface area contributed by atoms with Gasteiger partial charge >= 0.3 is 6.18 Å². The van der Waals surface area contributed by atoms with Crippen LogP contribution in [-0.4, -0.2) is 39.6 Å². The fraction of sp³-hybridized carbons (Fsp3) is 0.353. The van der Waals surface area contributed by atoms with Crippen LogP contribution in [0.4, 0.5) is 13.2 Å². The van der Waals surface area contributed by atoms with Crippen LogP contribution in [0.5, 0.6) is 0 Å². The van der Waals surface area contributed by atoms with Gasteiger partial charge < -0.3 is 9.67 Å². The Bertz CT molecular complexity index is 1280. The number of aliphatic hydroxyl groups is 1. The van der Waals surface area contributed by atoms with Crippen LogP contribution in [0.3, 0.4) is 0 Å². The SMILES string of the molecule is CCS(=O)(=O)c1c(-c2nc3cc(C(F)(F)F)ncc3n2C)sc2c1C(=O)CC2O. The molecule has 7 nitrogen and oxygen atoms in total. The fourth-order valence-corrected chi connectivity index (χ4v) is 6.33. The van der Waals surface area contributed by atoms with Crippen molar-refractivity contribution in [2.24, 2.45) is 7.05 Å². The molecule has 4 rings (SSSR count).